The molecule has 0 radical (unpaired) electrons. The number of halogens is 1. The van der Waals surface area contributed by atoms with E-state index >= 15 is 0 Å². The molecule has 3 aromatic rings. The van der Waals surface area contributed by atoms with Crippen molar-refractivity contribution in [3.8, 4) is 0 Å². The van der Waals surface area contributed by atoms with Gasteiger partial charge in [-0.1, -0.05) is 48.0 Å². The molecule has 1 amide bonds. The number of carbonyl (C=O) groups is 1. The van der Waals surface area contributed by atoms with Gasteiger partial charge in [0.25, 0.3) is 15.9 Å². The Hall–Kier alpha value is -2.61. The fraction of sp³-hybridized carbons (Fsp3) is 0.0952. The van der Waals surface area contributed by atoms with E-state index in [4.69, 9.17) is 11.6 Å². The molecular weight excluding hydrogens is 428 g/mol. The highest BCUT2D eigenvalue weighted by atomic mass is 35.5. The number of carbonyl (C=O) groups excluding carboxylic acids is 1. The lowest BCUT2D eigenvalue weighted by Gasteiger charge is -2.31. The third-order valence-electron chi connectivity index (χ3n) is 4.68. The minimum absolute atomic E-state index is 0.0718. The maximum atomic E-state index is 13.2. The van der Waals surface area contributed by atoms with Gasteiger partial charge in [0.1, 0.15) is 5.70 Å². The van der Waals surface area contributed by atoms with Crippen LogP contribution in [0.1, 0.15) is 16.0 Å². The SMILES string of the molecule is CN1C(C(=O)NCc2cccs2)=C(c2ccccc2)c2cc(Cl)ccc2S1(=O)=O. The summed E-state index contributed by atoms with van der Waals surface area (Å²) in [6.07, 6.45) is 0. The molecule has 0 spiro atoms. The first-order valence-electron chi connectivity index (χ1n) is 8.78. The van der Waals surface area contributed by atoms with Gasteiger partial charge in [-0.05, 0) is 35.2 Å². The van der Waals surface area contributed by atoms with E-state index in [1.807, 2.05) is 47.8 Å². The van der Waals surface area contributed by atoms with Crippen molar-refractivity contribution >= 4 is 44.4 Å². The minimum atomic E-state index is -3.89. The molecule has 8 heteroatoms. The van der Waals surface area contributed by atoms with Gasteiger partial charge in [-0.2, -0.15) is 0 Å². The summed E-state index contributed by atoms with van der Waals surface area (Å²) in [4.78, 5) is 14.3. The Kier molecular flexibility index (Phi) is 5.21. The molecule has 0 atom stereocenters. The molecule has 0 aliphatic carbocycles. The van der Waals surface area contributed by atoms with Crippen LogP contribution in [0, 0.1) is 0 Å². The van der Waals surface area contributed by atoms with Crippen molar-refractivity contribution in [2.24, 2.45) is 0 Å². The normalized spacial score (nSPS) is 15.2. The molecule has 29 heavy (non-hydrogen) atoms. The van der Waals surface area contributed by atoms with Gasteiger partial charge in [-0.25, -0.2) is 8.42 Å². The zero-order valence-corrected chi connectivity index (χ0v) is 17.8. The van der Waals surface area contributed by atoms with E-state index in [-0.39, 0.29) is 10.6 Å². The fourth-order valence-corrected chi connectivity index (χ4v) is 5.50. The van der Waals surface area contributed by atoms with Crippen LogP contribution in [0.3, 0.4) is 0 Å². The van der Waals surface area contributed by atoms with Gasteiger partial charge in [0.2, 0.25) is 0 Å². The second-order valence-corrected chi connectivity index (χ2v) is 9.87. The second kappa shape index (κ2) is 7.67. The number of hydrogen-bond donors (Lipinski definition) is 1. The third kappa shape index (κ3) is 3.57. The van der Waals surface area contributed by atoms with Crippen molar-refractivity contribution in [2.75, 3.05) is 7.05 Å². The van der Waals surface area contributed by atoms with Crippen LogP contribution >= 0.6 is 22.9 Å². The zero-order chi connectivity index (χ0) is 20.6. The van der Waals surface area contributed by atoms with Gasteiger partial charge >= 0.3 is 0 Å². The number of fused-ring (bicyclic) bond motifs is 1. The summed E-state index contributed by atoms with van der Waals surface area (Å²) in [6, 6.07) is 17.7. The summed E-state index contributed by atoms with van der Waals surface area (Å²) in [5, 5.41) is 5.16. The highest BCUT2D eigenvalue weighted by molar-refractivity contribution is 7.89. The largest absolute Gasteiger partial charge is 0.346 e. The average molecular weight is 445 g/mol. The van der Waals surface area contributed by atoms with E-state index in [9.17, 15) is 13.2 Å². The van der Waals surface area contributed by atoms with Gasteiger partial charge < -0.3 is 5.32 Å². The molecular formula is C21H17ClN2O3S2. The maximum Gasteiger partial charge on any atom is 0.269 e. The molecule has 0 bridgehead atoms. The van der Waals surface area contributed by atoms with Gasteiger partial charge in [-0.15, -0.1) is 11.3 Å². The van der Waals surface area contributed by atoms with Crippen LogP contribution < -0.4 is 5.32 Å². The van der Waals surface area contributed by atoms with Crippen LogP contribution in [0.5, 0.6) is 0 Å². The summed E-state index contributed by atoms with van der Waals surface area (Å²) >= 11 is 7.70. The predicted octanol–water partition coefficient (Wildman–Crippen LogP) is 4.11. The number of thiophene rings is 1. The first kappa shape index (κ1) is 19.7. The molecule has 1 aromatic heterocycles. The molecule has 0 unspecified atom stereocenters. The Labute approximate surface area is 178 Å². The molecule has 0 fully saturated rings. The second-order valence-electron chi connectivity index (χ2n) is 6.46. The van der Waals surface area contributed by atoms with Crippen LogP contribution in [-0.4, -0.2) is 25.7 Å². The lowest BCUT2D eigenvalue weighted by molar-refractivity contribution is -0.118. The van der Waals surface area contributed by atoms with Crippen molar-refractivity contribution in [3.05, 3.63) is 92.8 Å². The summed E-state index contributed by atoms with van der Waals surface area (Å²) < 4.78 is 27.3. The molecule has 2 heterocycles. The lowest BCUT2D eigenvalue weighted by Crippen LogP contribution is -2.39. The first-order chi connectivity index (χ1) is 13.9. The van der Waals surface area contributed by atoms with Crippen LogP contribution in [-0.2, 0) is 21.4 Å². The zero-order valence-electron chi connectivity index (χ0n) is 15.4. The highest BCUT2D eigenvalue weighted by Gasteiger charge is 2.38. The summed E-state index contributed by atoms with van der Waals surface area (Å²) in [6.45, 7) is 0.318. The number of likely N-dealkylation sites (N-methyl/N-ethyl adjacent to an activating group) is 1. The van der Waals surface area contributed by atoms with E-state index in [1.54, 1.807) is 6.07 Å². The number of sulfonamides is 1. The van der Waals surface area contributed by atoms with Crippen molar-refractivity contribution in [1.82, 2.24) is 9.62 Å². The first-order valence-corrected chi connectivity index (χ1v) is 11.5. The van der Waals surface area contributed by atoms with Crippen molar-refractivity contribution in [1.29, 1.82) is 0 Å². The molecule has 4 rings (SSSR count). The molecule has 1 aliphatic rings. The standard InChI is InChI=1S/C21H17ClN2O3S2/c1-24-20(21(25)23-13-16-8-5-11-28-16)19(14-6-3-2-4-7-14)17-12-15(22)9-10-18(17)29(24,26)27/h2-12H,13H2,1H3,(H,23,25). The number of hydrogen-bond acceptors (Lipinski definition) is 4. The Morgan fingerprint density at radius 3 is 2.55 bits per heavy atom. The minimum Gasteiger partial charge on any atom is -0.346 e. The van der Waals surface area contributed by atoms with E-state index in [0.717, 1.165) is 14.7 Å². The Morgan fingerprint density at radius 2 is 1.86 bits per heavy atom. The number of rotatable bonds is 4. The molecule has 148 valence electrons. The van der Waals surface area contributed by atoms with E-state index in [2.05, 4.69) is 5.32 Å². The molecule has 0 saturated carbocycles. The molecule has 5 nitrogen and oxygen atoms in total. The van der Waals surface area contributed by atoms with Crippen LogP contribution in [0.25, 0.3) is 5.57 Å². The Bertz CT molecular complexity index is 1200. The average Bonchev–Trinajstić information content (AvgIpc) is 3.23. The van der Waals surface area contributed by atoms with Crippen LogP contribution in [0.2, 0.25) is 5.02 Å². The third-order valence-corrected chi connectivity index (χ3v) is 7.61. The fourth-order valence-electron chi connectivity index (χ4n) is 3.29. The van der Waals surface area contributed by atoms with Gasteiger partial charge in [-0.3, -0.25) is 9.10 Å². The molecule has 1 N–H and O–H groups in total. The van der Waals surface area contributed by atoms with E-state index in [0.29, 0.717) is 22.7 Å². The number of amides is 1. The molecule has 2 aromatic carbocycles. The van der Waals surface area contributed by atoms with Gasteiger partial charge in [0.15, 0.2) is 0 Å². The smallest absolute Gasteiger partial charge is 0.269 e. The van der Waals surface area contributed by atoms with Crippen molar-refractivity contribution < 1.29 is 13.2 Å². The van der Waals surface area contributed by atoms with Crippen LogP contribution in [0.15, 0.2) is 76.6 Å². The molecule has 1 aliphatic heterocycles. The number of nitrogens with zero attached hydrogens (tertiary/aromatic N) is 1. The summed E-state index contributed by atoms with van der Waals surface area (Å²) in [7, 11) is -2.49. The van der Waals surface area contributed by atoms with E-state index < -0.39 is 15.9 Å². The number of nitrogens with one attached hydrogen (secondary N) is 1. The van der Waals surface area contributed by atoms with Gasteiger partial charge in [0, 0.05) is 28.1 Å². The summed E-state index contributed by atoms with van der Waals surface area (Å²) in [5.41, 5.74) is 1.76. The quantitative estimate of drug-likeness (QED) is 0.658. The number of benzene rings is 2. The molecule has 0 saturated heterocycles. The monoisotopic (exact) mass is 444 g/mol. The summed E-state index contributed by atoms with van der Waals surface area (Å²) in [5.74, 6) is -0.464. The maximum absolute atomic E-state index is 13.2. The van der Waals surface area contributed by atoms with Crippen molar-refractivity contribution in [2.45, 2.75) is 11.4 Å². The Morgan fingerprint density at radius 1 is 1.10 bits per heavy atom. The highest BCUT2D eigenvalue weighted by Crippen LogP contribution is 2.40. The van der Waals surface area contributed by atoms with Crippen LogP contribution in [0.4, 0.5) is 0 Å². The Balaban J connectivity index is 1.91. The topological polar surface area (TPSA) is 66.5 Å². The van der Waals surface area contributed by atoms with Crippen molar-refractivity contribution in [3.63, 3.8) is 0 Å². The van der Waals surface area contributed by atoms with E-state index in [1.165, 1.54) is 30.5 Å². The predicted molar refractivity (Wildman–Crippen MR) is 115 cm³/mol. The lowest BCUT2D eigenvalue weighted by atomic mass is 9.95. The van der Waals surface area contributed by atoms with Gasteiger partial charge in [0.05, 0.1) is 11.4 Å².